The highest BCUT2D eigenvalue weighted by atomic mass is 32.1. The first-order chi connectivity index (χ1) is 14.1. The van der Waals surface area contributed by atoms with Gasteiger partial charge in [0.15, 0.2) is 0 Å². The number of thiazole rings is 1. The number of hydrogen-bond donors (Lipinski definition) is 1. The maximum absolute atomic E-state index is 12.9. The summed E-state index contributed by atoms with van der Waals surface area (Å²) < 4.78 is 0. The molecule has 2 aromatic rings. The lowest BCUT2D eigenvalue weighted by molar-refractivity contribution is -0.122. The lowest BCUT2D eigenvalue weighted by atomic mass is 9.97. The van der Waals surface area contributed by atoms with Crippen LogP contribution in [0, 0.1) is 17.2 Å². The Labute approximate surface area is 174 Å². The predicted molar refractivity (Wildman–Crippen MR) is 111 cm³/mol. The van der Waals surface area contributed by atoms with Crippen LogP contribution < -0.4 is 5.32 Å². The van der Waals surface area contributed by atoms with E-state index in [4.69, 9.17) is 10.2 Å². The summed E-state index contributed by atoms with van der Waals surface area (Å²) in [6.07, 6.45) is 4.74. The number of aromatic nitrogens is 1. The van der Waals surface area contributed by atoms with Gasteiger partial charge in [-0.05, 0) is 43.9 Å². The Hall–Kier alpha value is -2.72. The number of hydrogen-bond acceptors (Lipinski definition) is 5. The molecule has 0 bridgehead atoms. The van der Waals surface area contributed by atoms with E-state index in [0.29, 0.717) is 24.2 Å². The molecule has 1 saturated heterocycles. The van der Waals surface area contributed by atoms with E-state index in [2.05, 4.69) is 16.8 Å². The summed E-state index contributed by atoms with van der Waals surface area (Å²) in [7, 11) is 0. The number of nitrogens with zero attached hydrogens (tertiary/aromatic N) is 3. The number of carbonyl (C=O) groups excluding carboxylic acids is 2. The number of rotatable bonds is 6. The van der Waals surface area contributed by atoms with E-state index in [9.17, 15) is 9.59 Å². The van der Waals surface area contributed by atoms with Gasteiger partial charge in [-0.15, -0.1) is 11.3 Å². The van der Waals surface area contributed by atoms with Gasteiger partial charge in [0.25, 0.3) is 5.91 Å². The number of nitriles is 1. The van der Waals surface area contributed by atoms with Gasteiger partial charge in [0.2, 0.25) is 5.91 Å². The highest BCUT2D eigenvalue weighted by molar-refractivity contribution is 7.09. The number of amides is 2. The molecule has 2 heterocycles. The summed E-state index contributed by atoms with van der Waals surface area (Å²) in [5.41, 5.74) is 2.07. The molecule has 7 heteroatoms. The number of piperidine rings is 1. The van der Waals surface area contributed by atoms with Crippen LogP contribution in [0.1, 0.15) is 58.2 Å². The van der Waals surface area contributed by atoms with Crippen LogP contribution in [0.2, 0.25) is 0 Å². The maximum Gasteiger partial charge on any atom is 0.253 e. The zero-order chi connectivity index (χ0) is 20.2. The van der Waals surface area contributed by atoms with Crippen molar-refractivity contribution in [3.05, 3.63) is 51.5 Å². The van der Waals surface area contributed by atoms with Crippen LogP contribution in [-0.2, 0) is 11.2 Å². The quantitative estimate of drug-likeness (QED) is 0.796. The summed E-state index contributed by atoms with van der Waals surface area (Å²) in [6, 6.07) is 8.98. The second-order valence-corrected chi connectivity index (χ2v) is 8.66. The van der Waals surface area contributed by atoms with Crippen molar-refractivity contribution in [3.8, 4) is 6.07 Å². The van der Waals surface area contributed by atoms with Gasteiger partial charge >= 0.3 is 0 Å². The molecule has 1 aromatic carbocycles. The van der Waals surface area contributed by atoms with E-state index >= 15 is 0 Å². The van der Waals surface area contributed by atoms with Crippen molar-refractivity contribution in [2.75, 3.05) is 19.6 Å². The molecule has 2 fully saturated rings. The Morgan fingerprint density at radius 3 is 2.97 bits per heavy atom. The predicted octanol–water partition coefficient (Wildman–Crippen LogP) is 3.10. The summed E-state index contributed by atoms with van der Waals surface area (Å²) in [5, 5.41) is 15.2. The lowest BCUT2D eigenvalue weighted by Gasteiger charge is -2.32. The Balaban J connectivity index is 1.34. The zero-order valence-corrected chi connectivity index (χ0v) is 17.1. The van der Waals surface area contributed by atoms with E-state index < -0.39 is 0 Å². The molecular formula is C22H24N4O2S. The van der Waals surface area contributed by atoms with Crippen molar-refractivity contribution in [2.45, 2.75) is 38.0 Å². The Morgan fingerprint density at radius 2 is 2.17 bits per heavy atom. The molecule has 1 N–H and O–H groups in total. The van der Waals surface area contributed by atoms with Crippen LogP contribution in [-0.4, -0.2) is 41.3 Å². The molecule has 2 amide bonds. The van der Waals surface area contributed by atoms with Gasteiger partial charge in [0.1, 0.15) is 0 Å². The van der Waals surface area contributed by atoms with Crippen LogP contribution in [0.25, 0.3) is 0 Å². The topological polar surface area (TPSA) is 86.1 Å². The van der Waals surface area contributed by atoms with E-state index in [1.54, 1.807) is 35.6 Å². The van der Waals surface area contributed by atoms with E-state index in [1.165, 1.54) is 0 Å². The minimum absolute atomic E-state index is 0.0219. The molecule has 6 nitrogen and oxygen atoms in total. The molecule has 1 aromatic heterocycles. The van der Waals surface area contributed by atoms with Crippen molar-refractivity contribution in [1.82, 2.24) is 15.2 Å². The van der Waals surface area contributed by atoms with Gasteiger partial charge in [-0.25, -0.2) is 4.98 Å². The molecule has 150 valence electrons. The standard InChI is InChI=1S/C22H24N4O2S/c23-12-15-3-1-4-17(11-15)22(28)26-10-2-5-18(13-26)21-25-19(14-29-21)8-9-24-20(27)16-6-7-16/h1,3-4,11,14,16,18H,2,5-10,13H2,(H,24,27). The third-order valence-electron chi connectivity index (χ3n) is 5.49. The summed E-state index contributed by atoms with van der Waals surface area (Å²) in [5.74, 6) is 0.626. The van der Waals surface area contributed by atoms with Crippen LogP contribution >= 0.6 is 11.3 Å². The molecule has 4 rings (SSSR count). The largest absolute Gasteiger partial charge is 0.355 e. The Kier molecular flexibility index (Phi) is 5.91. The number of likely N-dealkylation sites (tertiary alicyclic amines) is 1. The van der Waals surface area contributed by atoms with Crippen molar-refractivity contribution < 1.29 is 9.59 Å². The Morgan fingerprint density at radius 1 is 1.31 bits per heavy atom. The maximum atomic E-state index is 12.9. The molecule has 0 spiro atoms. The molecule has 1 aliphatic heterocycles. The van der Waals surface area contributed by atoms with Crippen molar-refractivity contribution in [3.63, 3.8) is 0 Å². The second kappa shape index (κ2) is 8.75. The van der Waals surface area contributed by atoms with E-state index in [1.807, 2.05) is 4.90 Å². The number of carbonyl (C=O) groups is 2. The second-order valence-electron chi connectivity index (χ2n) is 7.78. The minimum atomic E-state index is -0.0219. The number of benzene rings is 1. The fraction of sp³-hybridized carbons (Fsp3) is 0.455. The monoisotopic (exact) mass is 408 g/mol. The normalized spacial score (nSPS) is 18.9. The van der Waals surface area contributed by atoms with Crippen molar-refractivity contribution in [2.24, 2.45) is 5.92 Å². The van der Waals surface area contributed by atoms with Crippen molar-refractivity contribution >= 4 is 23.2 Å². The van der Waals surface area contributed by atoms with Gasteiger partial charge in [0.05, 0.1) is 22.3 Å². The van der Waals surface area contributed by atoms with Gasteiger partial charge < -0.3 is 10.2 Å². The molecular weight excluding hydrogens is 384 g/mol. The lowest BCUT2D eigenvalue weighted by Crippen LogP contribution is -2.39. The average molecular weight is 409 g/mol. The summed E-state index contributed by atoms with van der Waals surface area (Å²) in [4.78, 5) is 31.2. The zero-order valence-electron chi connectivity index (χ0n) is 16.3. The van der Waals surface area contributed by atoms with Crippen LogP contribution in [0.3, 0.4) is 0 Å². The molecule has 1 atom stereocenters. The Bertz CT molecular complexity index is 944. The molecule has 1 aliphatic carbocycles. The molecule has 0 radical (unpaired) electrons. The van der Waals surface area contributed by atoms with Crippen LogP contribution in [0.5, 0.6) is 0 Å². The first-order valence-electron chi connectivity index (χ1n) is 10.2. The van der Waals surface area contributed by atoms with Gasteiger partial charge in [-0.3, -0.25) is 9.59 Å². The highest BCUT2D eigenvalue weighted by Gasteiger charge is 2.29. The van der Waals surface area contributed by atoms with Crippen molar-refractivity contribution in [1.29, 1.82) is 5.26 Å². The fourth-order valence-electron chi connectivity index (χ4n) is 3.70. The first-order valence-corrected chi connectivity index (χ1v) is 11.0. The fourth-order valence-corrected chi connectivity index (χ4v) is 4.68. The molecule has 2 aliphatic rings. The smallest absolute Gasteiger partial charge is 0.253 e. The van der Waals surface area contributed by atoms with Crippen LogP contribution in [0.15, 0.2) is 29.6 Å². The third kappa shape index (κ3) is 4.83. The third-order valence-corrected chi connectivity index (χ3v) is 6.55. The summed E-state index contributed by atoms with van der Waals surface area (Å²) in [6.45, 7) is 2.02. The highest BCUT2D eigenvalue weighted by Crippen LogP contribution is 2.30. The van der Waals surface area contributed by atoms with Gasteiger partial charge in [-0.1, -0.05) is 6.07 Å². The first kappa shape index (κ1) is 19.6. The van der Waals surface area contributed by atoms with E-state index in [0.717, 1.165) is 49.4 Å². The molecule has 1 saturated carbocycles. The molecule has 1 unspecified atom stereocenters. The summed E-state index contributed by atoms with van der Waals surface area (Å²) >= 11 is 1.64. The van der Waals surface area contributed by atoms with Crippen LogP contribution in [0.4, 0.5) is 0 Å². The SMILES string of the molecule is N#Cc1cccc(C(=O)N2CCCC(c3nc(CCNC(=O)C4CC4)cs3)C2)c1. The van der Waals surface area contributed by atoms with E-state index in [-0.39, 0.29) is 23.7 Å². The number of nitrogens with one attached hydrogen (secondary N) is 1. The minimum Gasteiger partial charge on any atom is -0.355 e. The average Bonchev–Trinajstić information content (AvgIpc) is 3.52. The van der Waals surface area contributed by atoms with Gasteiger partial charge in [-0.2, -0.15) is 5.26 Å². The van der Waals surface area contributed by atoms with Gasteiger partial charge in [0, 0.05) is 48.8 Å². The molecule has 29 heavy (non-hydrogen) atoms.